The first-order valence-corrected chi connectivity index (χ1v) is 9.27. The molecule has 0 saturated heterocycles. The van der Waals surface area contributed by atoms with E-state index in [1.54, 1.807) is 36.4 Å². The molecule has 7 nitrogen and oxygen atoms in total. The number of esters is 1. The predicted molar refractivity (Wildman–Crippen MR) is 107 cm³/mol. The van der Waals surface area contributed by atoms with Crippen LogP contribution in [0.25, 0.3) is 6.08 Å². The fourth-order valence-corrected chi connectivity index (χ4v) is 2.83. The van der Waals surface area contributed by atoms with Crippen LogP contribution in [0.2, 0.25) is 5.02 Å². The Bertz CT molecular complexity index is 910. The Kier molecular flexibility index (Phi) is 6.97. The van der Waals surface area contributed by atoms with Gasteiger partial charge in [0.05, 0.1) is 7.11 Å². The van der Waals surface area contributed by atoms with E-state index in [1.807, 2.05) is 6.07 Å². The molecule has 0 unspecified atom stereocenters. The number of methoxy groups -OCH3 is 1. The van der Waals surface area contributed by atoms with Crippen molar-refractivity contribution in [3.05, 3.63) is 58.6 Å². The third-order valence-corrected chi connectivity index (χ3v) is 4.41. The molecule has 8 heteroatoms. The Balaban J connectivity index is 1.51. The first kappa shape index (κ1) is 20.5. The molecule has 3 rings (SSSR count). The largest absolute Gasteiger partial charge is 0.493 e. The number of carbonyl (C=O) groups excluding carboxylic acids is 2. The number of nitrogens with one attached hydrogen (secondary N) is 1. The van der Waals surface area contributed by atoms with E-state index in [1.165, 1.54) is 13.2 Å². The average Bonchev–Trinajstić information content (AvgIpc) is 2.75. The van der Waals surface area contributed by atoms with Gasteiger partial charge in [0.15, 0.2) is 18.1 Å². The van der Waals surface area contributed by atoms with Crippen LogP contribution in [0.1, 0.15) is 11.1 Å². The molecular weight excluding hydrogens is 398 g/mol. The molecule has 1 N–H and O–H groups in total. The van der Waals surface area contributed by atoms with Gasteiger partial charge in [0, 0.05) is 17.6 Å². The topological polar surface area (TPSA) is 83.1 Å². The molecule has 0 atom stereocenters. The maximum atomic E-state index is 11.9. The third kappa shape index (κ3) is 5.65. The van der Waals surface area contributed by atoms with Crippen molar-refractivity contribution in [1.29, 1.82) is 0 Å². The van der Waals surface area contributed by atoms with E-state index in [9.17, 15) is 9.59 Å². The minimum Gasteiger partial charge on any atom is -0.493 e. The van der Waals surface area contributed by atoms with Crippen LogP contribution in [0.3, 0.4) is 0 Å². The van der Waals surface area contributed by atoms with Gasteiger partial charge in [-0.3, -0.25) is 4.79 Å². The Morgan fingerprint density at radius 1 is 1.21 bits per heavy atom. The summed E-state index contributed by atoms with van der Waals surface area (Å²) in [7, 11) is 1.52. The molecule has 152 valence electrons. The van der Waals surface area contributed by atoms with Crippen LogP contribution in [0.15, 0.2) is 42.5 Å². The van der Waals surface area contributed by atoms with Gasteiger partial charge in [0.1, 0.15) is 13.2 Å². The molecule has 2 aromatic rings. The second kappa shape index (κ2) is 9.84. The van der Waals surface area contributed by atoms with E-state index in [-0.39, 0.29) is 6.54 Å². The fraction of sp³-hybridized carbons (Fsp3) is 0.238. The molecule has 1 amide bonds. The van der Waals surface area contributed by atoms with Crippen LogP contribution in [0.5, 0.6) is 17.2 Å². The summed E-state index contributed by atoms with van der Waals surface area (Å²) in [5, 5.41) is 3.20. The van der Waals surface area contributed by atoms with Crippen LogP contribution in [0.4, 0.5) is 0 Å². The highest BCUT2D eigenvalue weighted by atomic mass is 35.5. The number of rotatable bonds is 7. The molecule has 0 spiro atoms. The molecule has 0 aromatic heterocycles. The number of hydrogen-bond acceptors (Lipinski definition) is 6. The summed E-state index contributed by atoms with van der Waals surface area (Å²) in [6, 6.07) is 10.6. The number of carbonyl (C=O) groups is 2. The lowest BCUT2D eigenvalue weighted by Crippen LogP contribution is -2.28. The van der Waals surface area contributed by atoms with Crippen molar-refractivity contribution >= 4 is 29.6 Å². The molecule has 1 heterocycles. The fourth-order valence-electron chi connectivity index (χ4n) is 2.63. The number of ether oxygens (including phenoxy) is 4. The summed E-state index contributed by atoms with van der Waals surface area (Å²) >= 11 is 6.03. The summed E-state index contributed by atoms with van der Waals surface area (Å²) in [4.78, 5) is 23.7. The van der Waals surface area contributed by atoms with Gasteiger partial charge in [-0.05, 0) is 35.4 Å². The third-order valence-electron chi connectivity index (χ3n) is 4.04. The highest BCUT2D eigenvalue weighted by Gasteiger charge is 2.17. The van der Waals surface area contributed by atoms with Gasteiger partial charge >= 0.3 is 5.97 Å². The highest BCUT2D eigenvalue weighted by Crippen LogP contribution is 2.40. The predicted octanol–water partition coefficient (Wildman–Crippen LogP) is 2.99. The lowest BCUT2D eigenvalue weighted by atomic mass is 10.1. The van der Waals surface area contributed by atoms with Gasteiger partial charge in [0.2, 0.25) is 5.75 Å². The van der Waals surface area contributed by atoms with Crippen molar-refractivity contribution in [2.24, 2.45) is 0 Å². The zero-order valence-corrected chi connectivity index (χ0v) is 16.5. The summed E-state index contributed by atoms with van der Waals surface area (Å²) in [5.41, 5.74) is 1.45. The van der Waals surface area contributed by atoms with E-state index in [0.717, 1.165) is 5.56 Å². The zero-order valence-electron chi connectivity index (χ0n) is 15.8. The van der Waals surface area contributed by atoms with Gasteiger partial charge in [-0.25, -0.2) is 4.79 Å². The van der Waals surface area contributed by atoms with Crippen LogP contribution >= 0.6 is 11.6 Å². The van der Waals surface area contributed by atoms with Crippen molar-refractivity contribution in [2.45, 2.75) is 6.54 Å². The van der Waals surface area contributed by atoms with E-state index < -0.39 is 18.5 Å². The number of hydrogen-bond donors (Lipinski definition) is 1. The molecule has 29 heavy (non-hydrogen) atoms. The maximum Gasteiger partial charge on any atom is 0.331 e. The van der Waals surface area contributed by atoms with Gasteiger partial charge < -0.3 is 24.3 Å². The number of amides is 1. The lowest BCUT2D eigenvalue weighted by molar-refractivity contribution is -0.143. The Hall–Kier alpha value is -3.19. The van der Waals surface area contributed by atoms with E-state index in [4.69, 9.17) is 30.5 Å². The monoisotopic (exact) mass is 417 g/mol. The lowest BCUT2D eigenvalue weighted by Gasteiger charge is -2.20. The molecule has 0 radical (unpaired) electrons. The van der Waals surface area contributed by atoms with Crippen molar-refractivity contribution in [2.75, 3.05) is 26.9 Å². The minimum absolute atomic E-state index is 0.253. The Morgan fingerprint density at radius 3 is 2.79 bits per heavy atom. The normalized spacial score (nSPS) is 12.5. The SMILES string of the molecule is COc1cc(/C=C/C(=O)OCC(=O)NCc2ccccc2Cl)cc2c1OCCO2. The molecule has 0 aliphatic carbocycles. The standard InChI is InChI=1S/C21H20ClNO6/c1-26-17-10-14(11-18-21(17)28-9-8-27-18)6-7-20(25)29-13-19(24)23-12-15-4-2-3-5-16(15)22/h2-7,10-11H,8-9,12-13H2,1H3,(H,23,24)/b7-6+. The first-order chi connectivity index (χ1) is 14.1. The maximum absolute atomic E-state index is 11.9. The minimum atomic E-state index is -0.647. The molecule has 2 aromatic carbocycles. The van der Waals surface area contributed by atoms with Gasteiger partial charge in [-0.1, -0.05) is 29.8 Å². The zero-order chi connectivity index (χ0) is 20.6. The molecule has 1 aliphatic rings. The van der Waals surface area contributed by atoms with Gasteiger partial charge in [-0.2, -0.15) is 0 Å². The number of benzene rings is 2. The summed E-state index contributed by atoms with van der Waals surface area (Å²) < 4.78 is 21.3. The van der Waals surface area contributed by atoms with Crippen LogP contribution in [-0.2, 0) is 20.9 Å². The second-order valence-electron chi connectivity index (χ2n) is 6.06. The molecular formula is C21H20ClNO6. The van der Waals surface area contributed by atoms with E-state index in [0.29, 0.717) is 41.0 Å². The van der Waals surface area contributed by atoms with Crippen LogP contribution in [-0.4, -0.2) is 38.8 Å². The van der Waals surface area contributed by atoms with Crippen molar-refractivity contribution in [3.8, 4) is 17.2 Å². The molecule has 0 fully saturated rings. The summed E-state index contributed by atoms with van der Waals surface area (Å²) in [5.74, 6) is 0.518. The molecule has 1 aliphatic heterocycles. The number of halogens is 1. The summed E-state index contributed by atoms with van der Waals surface area (Å²) in [6.07, 6.45) is 2.77. The van der Waals surface area contributed by atoms with Gasteiger partial charge in [0.25, 0.3) is 5.91 Å². The molecule has 0 saturated carbocycles. The van der Waals surface area contributed by atoms with Crippen molar-refractivity contribution in [3.63, 3.8) is 0 Å². The van der Waals surface area contributed by atoms with E-state index >= 15 is 0 Å². The Morgan fingerprint density at radius 2 is 2.00 bits per heavy atom. The van der Waals surface area contributed by atoms with E-state index in [2.05, 4.69) is 5.32 Å². The van der Waals surface area contributed by atoms with Gasteiger partial charge in [-0.15, -0.1) is 0 Å². The first-order valence-electron chi connectivity index (χ1n) is 8.89. The molecule has 0 bridgehead atoms. The van der Waals surface area contributed by atoms with Crippen LogP contribution < -0.4 is 19.5 Å². The van der Waals surface area contributed by atoms with Crippen molar-refractivity contribution < 1.29 is 28.5 Å². The number of fused-ring (bicyclic) bond motifs is 1. The smallest absolute Gasteiger partial charge is 0.331 e. The highest BCUT2D eigenvalue weighted by molar-refractivity contribution is 6.31. The summed E-state index contributed by atoms with van der Waals surface area (Å²) in [6.45, 7) is 0.749. The van der Waals surface area contributed by atoms with Crippen LogP contribution in [0, 0.1) is 0 Å². The Labute approximate surface area is 173 Å². The second-order valence-corrected chi connectivity index (χ2v) is 6.46. The average molecular weight is 418 g/mol. The quantitative estimate of drug-likeness (QED) is 0.551. The van der Waals surface area contributed by atoms with Crippen molar-refractivity contribution in [1.82, 2.24) is 5.32 Å².